The third kappa shape index (κ3) is 3.88. The number of hydrogen-bond acceptors (Lipinski definition) is 4. The van der Waals surface area contributed by atoms with E-state index in [4.69, 9.17) is 0 Å². The van der Waals surface area contributed by atoms with Crippen molar-refractivity contribution in [3.63, 3.8) is 0 Å². The molecule has 0 unspecified atom stereocenters. The van der Waals surface area contributed by atoms with Gasteiger partial charge in [0.1, 0.15) is 0 Å². The minimum Gasteiger partial charge on any atom is -0.366 e. The monoisotopic (exact) mass is 293 g/mol. The summed E-state index contributed by atoms with van der Waals surface area (Å²) in [6.45, 7) is 1.08. The van der Waals surface area contributed by atoms with Crippen LogP contribution in [-0.4, -0.2) is 14.3 Å². The summed E-state index contributed by atoms with van der Waals surface area (Å²) < 4.78 is 29.2. The predicted octanol–water partition coefficient (Wildman–Crippen LogP) is 1.21. The van der Waals surface area contributed by atoms with Crippen LogP contribution in [0.4, 0.5) is 0 Å². The van der Waals surface area contributed by atoms with Gasteiger partial charge in [-0.25, -0.2) is 4.72 Å². The summed E-state index contributed by atoms with van der Waals surface area (Å²) >= 11 is 3.11. The molecule has 0 bridgehead atoms. The lowest BCUT2D eigenvalue weighted by molar-refractivity contribution is -0.117. The van der Waals surface area contributed by atoms with E-state index in [2.05, 4.69) is 20.1 Å². The summed E-state index contributed by atoms with van der Waals surface area (Å²) in [5.74, 6) is -0.590. The maximum atomic E-state index is 11.2. The molecule has 0 aliphatic rings. The molecule has 0 saturated carbocycles. The lowest BCUT2D eigenvalue weighted by atomic mass is 10.3. The number of nitrogens with one attached hydrogen (secondary N) is 1. The lowest BCUT2D eigenvalue weighted by Crippen LogP contribution is -2.32. The zero-order chi connectivity index (χ0) is 11.5. The number of benzene rings is 1. The van der Waals surface area contributed by atoms with Crippen molar-refractivity contribution >= 4 is 32.1 Å². The molecule has 0 fully saturated rings. The first-order valence-electron chi connectivity index (χ1n) is 3.88. The van der Waals surface area contributed by atoms with Gasteiger partial charge < -0.3 is 4.18 Å². The van der Waals surface area contributed by atoms with Gasteiger partial charge in [0.15, 0.2) is 5.75 Å². The molecule has 1 aromatic rings. The SMILES string of the molecule is CC(=O)NS(=O)(=O)Oc1ccccc1Br. The van der Waals surface area contributed by atoms with Gasteiger partial charge in [0.05, 0.1) is 4.47 Å². The maximum Gasteiger partial charge on any atom is 0.409 e. The highest BCUT2D eigenvalue weighted by molar-refractivity contribution is 9.10. The van der Waals surface area contributed by atoms with Crippen LogP contribution in [0.1, 0.15) is 6.92 Å². The number of hydrogen-bond donors (Lipinski definition) is 1. The van der Waals surface area contributed by atoms with Crippen molar-refractivity contribution in [3.8, 4) is 5.75 Å². The van der Waals surface area contributed by atoms with Gasteiger partial charge in [-0.15, -0.1) is 0 Å². The molecule has 82 valence electrons. The first-order chi connectivity index (χ1) is 6.91. The average Bonchev–Trinajstić information content (AvgIpc) is 2.06. The molecule has 1 rings (SSSR count). The molecule has 7 heteroatoms. The second-order valence-electron chi connectivity index (χ2n) is 2.63. The van der Waals surface area contributed by atoms with Crippen LogP contribution >= 0.6 is 15.9 Å². The lowest BCUT2D eigenvalue weighted by Gasteiger charge is -2.07. The highest BCUT2D eigenvalue weighted by Crippen LogP contribution is 2.24. The third-order valence-electron chi connectivity index (χ3n) is 1.30. The highest BCUT2D eigenvalue weighted by Gasteiger charge is 2.15. The predicted molar refractivity (Wildman–Crippen MR) is 57.5 cm³/mol. The number of amides is 1. The number of carbonyl (C=O) groups excluding carboxylic acids is 1. The zero-order valence-corrected chi connectivity index (χ0v) is 10.1. The molecule has 0 atom stereocenters. The summed E-state index contributed by atoms with van der Waals surface area (Å²) in [6, 6.07) is 6.41. The molecule has 0 saturated heterocycles. The summed E-state index contributed by atoms with van der Waals surface area (Å²) in [7, 11) is -4.09. The Balaban J connectivity index is 2.87. The Labute approximate surface area is 95.8 Å². The van der Waals surface area contributed by atoms with Crippen LogP contribution in [0, 0.1) is 0 Å². The topological polar surface area (TPSA) is 72.5 Å². The molecule has 0 radical (unpaired) electrons. The number of carbonyl (C=O) groups is 1. The van der Waals surface area contributed by atoms with Crippen molar-refractivity contribution in [2.45, 2.75) is 6.92 Å². The van der Waals surface area contributed by atoms with Gasteiger partial charge in [-0.3, -0.25) is 4.79 Å². The van der Waals surface area contributed by atoms with Gasteiger partial charge in [-0.05, 0) is 28.1 Å². The first-order valence-corrected chi connectivity index (χ1v) is 6.08. The number of rotatable bonds is 3. The average molecular weight is 294 g/mol. The van der Waals surface area contributed by atoms with Gasteiger partial charge in [0, 0.05) is 6.92 Å². The van der Waals surface area contributed by atoms with Crippen LogP contribution in [0.3, 0.4) is 0 Å². The smallest absolute Gasteiger partial charge is 0.366 e. The van der Waals surface area contributed by atoms with E-state index in [1.54, 1.807) is 22.9 Å². The van der Waals surface area contributed by atoms with Crippen molar-refractivity contribution < 1.29 is 17.4 Å². The van der Waals surface area contributed by atoms with E-state index >= 15 is 0 Å². The summed E-state index contributed by atoms with van der Waals surface area (Å²) in [5, 5.41) is 0. The quantitative estimate of drug-likeness (QED) is 0.909. The largest absolute Gasteiger partial charge is 0.409 e. The van der Waals surface area contributed by atoms with E-state index in [0.717, 1.165) is 6.92 Å². The van der Waals surface area contributed by atoms with Crippen LogP contribution in [0.2, 0.25) is 0 Å². The molecule has 0 heterocycles. The van der Waals surface area contributed by atoms with Crippen LogP contribution in [0.5, 0.6) is 5.75 Å². The third-order valence-corrected chi connectivity index (χ3v) is 2.90. The molecule has 1 aromatic carbocycles. The Kier molecular flexibility index (Phi) is 3.70. The first kappa shape index (κ1) is 12.0. The Bertz CT molecular complexity index is 471. The van der Waals surface area contributed by atoms with Crippen molar-refractivity contribution in [1.82, 2.24) is 4.72 Å². The number of halogens is 1. The van der Waals surface area contributed by atoms with Crippen LogP contribution in [-0.2, 0) is 15.1 Å². The normalized spacial score (nSPS) is 10.8. The zero-order valence-electron chi connectivity index (χ0n) is 7.73. The van der Waals surface area contributed by atoms with Crippen molar-refractivity contribution in [2.24, 2.45) is 0 Å². The minimum absolute atomic E-state index is 0.117. The summed E-state index contributed by atoms with van der Waals surface area (Å²) in [5.41, 5.74) is 0. The van der Waals surface area contributed by atoms with E-state index in [-0.39, 0.29) is 5.75 Å². The van der Waals surface area contributed by atoms with Gasteiger partial charge in [0.2, 0.25) is 5.91 Å². The van der Waals surface area contributed by atoms with E-state index in [1.165, 1.54) is 6.07 Å². The van der Waals surface area contributed by atoms with E-state index < -0.39 is 16.2 Å². The Morgan fingerprint density at radius 1 is 1.40 bits per heavy atom. The summed E-state index contributed by atoms with van der Waals surface area (Å²) in [6.07, 6.45) is 0. The van der Waals surface area contributed by atoms with Crippen LogP contribution < -0.4 is 8.91 Å². The summed E-state index contributed by atoms with van der Waals surface area (Å²) in [4.78, 5) is 10.6. The molecule has 0 spiro atoms. The van der Waals surface area contributed by atoms with Crippen LogP contribution in [0.25, 0.3) is 0 Å². The van der Waals surface area contributed by atoms with E-state index in [0.29, 0.717) is 4.47 Å². The Morgan fingerprint density at radius 2 is 2.00 bits per heavy atom. The Hall–Kier alpha value is -1.08. The van der Waals surface area contributed by atoms with Gasteiger partial charge in [-0.2, -0.15) is 8.42 Å². The minimum atomic E-state index is -4.09. The second-order valence-corrected chi connectivity index (χ2v) is 4.76. The van der Waals surface area contributed by atoms with Crippen molar-refractivity contribution in [3.05, 3.63) is 28.7 Å². The molecule has 1 N–H and O–H groups in total. The standard InChI is InChI=1S/C8H8BrNO4S/c1-6(11)10-15(12,13)14-8-5-3-2-4-7(8)9/h2-5H,1H3,(H,10,11). The van der Waals surface area contributed by atoms with E-state index in [1.807, 2.05) is 0 Å². The molecule has 1 amide bonds. The number of para-hydroxylation sites is 1. The fourth-order valence-corrected chi connectivity index (χ4v) is 2.08. The highest BCUT2D eigenvalue weighted by atomic mass is 79.9. The van der Waals surface area contributed by atoms with Gasteiger partial charge in [0.25, 0.3) is 0 Å². The Morgan fingerprint density at radius 3 is 2.53 bits per heavy atom. The van der Waals surface area contributed by atoms with E-state index in [9.17, 15) is 13.2 Å². The van der Waals surface area contributed by atoms with Crippen molar-refractivity contribution in [1.29, 1.82) is 0 Å². The maximum absolute atomic E-state index is 11.2. The molecule has 0 aromatic heterocycles. The van der Waals surface area contributed by atoms with Crippen molar-refractivity contribution in [2.75, 3.05) is 0 Å². The molecule has 0 aliphatic carbocycles. The molecule has 15 heavy (non-hydrogen) atoms. The van der Waals surface area contributed by atoms with Gasteiger partial charge >= 0.3 is 10.3 Å². The van der Waals surface area contributed by atoms with Crippen LogP contribution in [0.15, 0.2) is 28.7 Å². The van der Waals surface area contributed by atoms with Gasteiger partial charge in [-0.1, -0.05) is 12.1 Å². The molecular formula is C8H8BrNO4S. The molecular weight excluding hydrogens is 286 g/mol. The fraction of sp³-hybridized carbons (Fsp3) is 0.125. The fourth-order valence-electron chi connectivity index (χ4n) is 0.827. The molecule has 5 nitrogen and oxygen atoms in total. The molecule has 0 aliphatic heterocycles. The second kappa shape index (κ2) is 4.63.